The first-order chi connectivity index (χ1) is 10.8. The summed E-state index contributed by atoms with van der Waals surface area (Å²) < 4.78 is 38.5. The van der Waals surface area contributed by atoms with Gasteiger partial charge < -0.3 is 15.2 Å². The van der Waals surface area contributed by atoms with Gasteiger partial charge in [0, 0.05) is 17.8 Å². The predicted molar refractivity (Wildman–Crippen MR) is 74.6 cm³/mol. The topological polar surface area (TPSA) is 82.1 Å². The van der Waals surface area contributed by atoms with E-state index in [4.69, 9.17) is 0 Å². The number of anilines is 1. The summed E-state index contributed by atoms with van der Waals surface area (Å²) in [5.74, 6) is -1.97. The maximum absolute atomic E-state index is 12.8. The van der Waals surface area contributed by atoms with Crippen molar-refractivity contribution >= 4 is 28.9 Å². The molecule has 0 radical (unpaired) electrons. The van der Waals surface area contributed by atoms with Gasteiger partial charge >= 0.3 is 6.18 Å². The van der Waals surface area contributed by atoms with Crippen molar-refractivity contribution in [3.8, 4) is 0 Å². The maximum atomic E-state index is 12.8. The molecule has 0 spiro atoms. The Labute approximate surface area is 132 Å². The van der Waals surface area contributed by atoms with Crippen LogP contribution < -0.4 is 10.4 Å². The van der Waals surface area contributed by atoms with Crippen molar-refractivity contribution in [3.05, 3.63) is 45.9 Å². The van der Waals surface area contributed by atoms with Gasteiger partial charge in [-0.1, -0.05) is 12.1 Å². The molecule has 0 bridgehead atoms. The number of nitrogens with one attached hydrogen (secondary N) is 1. The van der Waals surface area contributed by atoms with E-state index in [0.29, 0.717) is 5.01 Å². The Hall–Kier alpha value is -2.42. The van der Waals surface area contributed by atoms with E-state index in [1.807, 2.05) is 0 Å². The number of rotatable bonds is 5. The van der Waals surface area contributed by atoms with Gasteiger partial charge in [0.15, 0.2) is 0 Å². The van der Waals surface area contributed by atoms with Gasteiger partial charge in [-0.15, -0.1) is 11.3 Å². The van der Waals surface area contributed by atoms with E-state index in [0.717, 1.165) is 23.5 Å². The average molecular weight is 343 g/mol. The zero-order valence-corrected chi connectivity index (χ0v) is 12.3. The van der Waals surface area contributed by atoms with Crippen LogP contribution in [-0.2, 0) is 28.6 Å². The van der Waals surface area contributed by atoms with E-state index in [1.54, 1.807) is 0 Å². The molecule has 23 heavy (non-hydrogen) atoms. The summed E-state index contributed by atoms with van der Waals surface area (Å²) in [6, 6.07) is 4.64. The lowest BCUT2D eigenvalue weighted by Gasteiger charge is -2.13. The summed E-state index contributed by atoms with van der Waals surface area (Å²) in [6.07, 6.45) is -5.20. The third-order valence-corrected chi connectivity index (χ3v) is 3.64. The number of carbonyl (C=O) groups excluding carboxylic acids is 2. The second kappa shape index (κ2) is 6.78. The molecule has 1 N–H and O–H groups in total. The number of benzene rings is 1. The van der Waals surface area contributed by atoms with E-state index < -0.39 is 23.6 Å². The first-order valence-corrected chi connectivity index (χ1v) is 7.23. The fourth-order valence-corrected chi connectivity index (χ4v) is 2.62. The van der Waals surface area contributed by atoms with Crippen LogP contribution in [0.15, 0.2) is 29.6 Å². The number of carboxylic acid groups (broad SMARTS) is 1. The molecule has 0 saturated carbocycles. The summed E-state index contributed by atoms with van der Waals surface area (Å²) in [7, 11) is 0. The van der Waals surface area contributed by atoms with Crippen LogP contribution in [0.1, 0.15) is 16.3 Å². The number of thiazole rings is 1. The minimum absolute atomic E-state index is 0.244. The lowest BCUT2D eigenvalue weighted by Crippen LogP contribution is -2.24. The maximum Gasteiger partial charge on any atom is 0.418 e. The number of hydrogen-bond acceptors (Lipinski definition) is 5. The van der Waals surface area contributed by atoms with Crippen LogP contribution in [0.5, 0.6) is 0 Å². The number of halogens is 3. The molecule has 0 aliphatic rings. The molecule has 0 aliphatic carbocycles. The van der Waals surface area contributed by atoms with Gasteiger partial charge in [-0.3, -0.25) is 4.79 Å². The van der Waals surface area contributed by atoms with Crippen molar-refractivity contribution < 1.29 is 27.9 Å². The zero-order chi connectivity index (χ0) is 17.0. The molecular formula is C14H10F3N2O3S-. The quantitative estimate of drug-likeness (QED) is 0.895. The number of aromatic nitrogens is 1. The molecule has 1 amide bonds. The number of hydrogen-bond donors (Lipinski definition) is 1. The van der Waals surface area contributed by atoms with Gasteiger partial charge in [0.1, 0.15) is 5.01 Å². The molecule has 2 aromatic rings. The second-order valence-electron chi connectivity index (χ2n) is 4.55. The van der Waals surface area contributed by atoms with Crippen molar-refractivity contribution in [2.75, 3.05) is 5.32 Å². The first kappa shape index (κ1) is 16.9. The monoisotopic (exact) mass is 343 g/mol. The van der Waals surface area contributed by atoms with Gasteiger partial charge in [0.05, 0.1) is 23.4 Å². The summed E-state index contributed by atoms with van der Waals surface area (Å²) in [4.78, 5) is 26.2. The molecular weight excluding hydrogens is 333 g/mol. The molecule has 0 atom stereocenters. The highest BCUT2D eigenvalue weighted by atomic mass is 32.1. The number of alkyl halides is 3. The SMILES string of the molecule is O=C([O-])Cc1csc(CC(=O)Nc2ccccc2C(F)(F)F)n1. The van der Waals surface area contributed by atoms with Crippen LogP contribution in [0.4, 0.5) is 18.9 Å². The third-order valence-electron chi connectivity index (χ3n) is 2.74. The van der Waals surface area contributed by atoms with E-state index >= 15 is 0 Å². The van der Waals surface area contributed by atoms with Crippen molar-refractivity contribution in [3.63, 3.8) is 0 Å². The number of para-hydroxylation sites is 1. The smallest absolute Gasteiger partial charge is 0.418 e. The first-order valence-electron chi connectivity index (χ1n) is 6.35. The lowest BCUT2D eigenvalue weighted by atomic mass is 10.1. The van der Waals surface area contributed by atoms with Crippen molar-refractivity contribution in [1.29, 1.82) is 0 Å². The van der Waals surface area contributed by atoms with Crippen molar-refractivity contribution in [2.24, 2.45) is 0 Å². The summed E-state index contributed by atoms with van der Waals surface area (Å²) in [5, 5.41) is 14.4. The van der Waals surface area contributed by atoms with Crippen LogP contribution in [0.25, 0.3) is 0 Å². The van der Waals surface area contributed by atoms with Crippen LogP contribution in [-0.4, -0.2) is 16.9 Å². The Kier molecular flexibility index (Phi) is 4.99. The zero-order valence-electron chi connectivity index (χ0n) is 11.5. The Bertz CT molecular complexity index is 728. The van der Waals surface area contributed by atoms with Gasteiger partial charge in [0.2, 0.25) is 5.91 Å². The predicted octanol–water partition coefficient (Wildman–Crippen LogP) is 1.64. The molecule has 1 heterocycles. The third kappa shape index (κ3) is 4.78. The minimum atomic E-state index is -4.58. The van der Waals surface area contributed by atoms with Crippen LogP contribution in [0, 0.1) is 0 Å². The lowest BCUT2D eigenvalue weighted by molar-refractivity contribution is -0.304. The van der Waals surface area contributed by atoms with E-state index in [9.17, 15) is 27.9 Å². The second-order valence-corrected chi connectivity index (χ2v) is 5.49. The number of amides is 1. The van der Waals surface area contributed by atoms with Gasteiger partial charge in [-0.25, -0.2) is 4.98 Å². The number of carbonyl (C=O) groups is 2. The molecule has 1 aromatic carbocycles. The Morgan fingerprint density at radius 3 is 2.57 bits per heavy atom. The normalized spacial score (nSPS) is 11.3. The van der Waals surface area contributed by atoms with Crippen molar-refractivity contribution in [2.45, 2.75) is 19.0 Å². The Morgan fingerprint density at radius 2 is 1.91 bits per heavy atom. The molecule has 1 aromatic heterocycles. The molecule has 0 unspecified atom stereocenters. The fourth-order valence-electron chi connectivity index (χ4n) is 1.83. The summed E-state index contributed by atoms with van der Waals surface area (Å²) in [6.45, 7) is 0. The van der Waals surface area contributed by atoms with Crippen LogP contribution in [0.3, 0.4) is 0 Å². The Balaban J connectivity index is 2.06. The van der Waals surface area contributed by atoms with Gasteiger partial charge in [0.25, 0.3) is 0 Å². The highest BCUT2D eigenvalue weighted by Gasteiger charge is 2.33. The number of aliphatic carboxylic acids is 1. The standard InChI is InChI=1S/C14H11F3N2O3S/c15-14(16,17)9-3-1-2-4-10(9)19-11(20)6-12-18-8(7-23-12)5-13(21)22/h1-4,7H,5-6H2,(H,19,20)(H,21,22)/p-1. The van der Waals surface area contributed by atoms with E-state index in [1.165, 1.54) is 17.5 Å². The summed E-state index contributed by atoms with van der Waals surface area (Å²) in [5.41, 5.74) is -1.03. The van der Waals surface area contributed by atoms with Gasteiger partial charge in [-0.05, 0) is 12.1 Å². The highest BCUT2D eigenvalue weighted by molar-refractivity contribution is 7.09. The molecule has 122 valence electrons. The molecule has 0 fully saturated rings. The van der Waals surface area contributed by atoms with E-state index in [2.05, 4.69) is 10.3 Å². The molecule has 5 nitrogen and oxygen atoms in total. The van der Waals surface area contributed by atoms with Gasteiger partial charge in [-0.2, -0.15) is 13.2 Å². The molecule has 0 aliphatic heterocycles. The minimum Gasteiger partial charge on any atom is -0.550 e. The fraction of sp³-hybridized carbons (Fsp3) is 0.214. The van der Waals surface area contributed by atoms with Crippen LogP contribution >= 0.6 is 11.3 Å². The molecule has 2 rings (SSSR count). The van der Waals surface area contributed by atoms with Crippen molar-refractivity contribution in [1.82, 2.24) is 4.98 Å². The Morgan fingerprint density at radius 1 is 1.22 bits per heavy atom. The largest absolute Gasteiger partial charge is 0.550 e. The molecule has 0 saturated heterocycles. The summed E-state index contributed by atoms with van der Waals surface area (Å²) >= 11 is 1.05. The number of nitrogens with zero attached hydrogens (tertiary/aromatic N) is 1. The van der Waals surface area contributed by atoms with Crippen LogP contribution in [0.2, 0.25) is 0 Å². The average Bonchev–Trinajstić information content (AvgIpc) is 2.84. The molecule has 9 heteroatoms. The van der Waals surface area contributed by atoms with E-state index in [-0.39, 0.29) is 24.2 Å². The number of carboxylic acids is 1. The highest BCUT2D eigenvalue weighted by Crippen LogP contribution is 2.34.